The minimum absolute atomic E-state index is 0.0380. The van der Waals surface area contributed by atoms with Gasteiger partial charge in [0.05, 0.1) is 4.90 Å². The molecule has 1 heterocycles. The summed E-state index contributed by atoms with van der Waals surface area (Å²) in [4.78, 5) is 0.318. The molecule has 1 fully saturated rings. The highest BCUT2D eigenvalue weighted by Gasteiger charge is 2.35. The van der Waals surface area contributed by atoms with Gasteiger partial charge in [0.1, 0.15) is 5.82 Å². The van der Waals surface area contributed by atoms with Crippen molar-refractivity contribution in [3.05, 3.63) is 60.4 Å². The Kier molecular flexibility index (Phi) is 5.94. The zero-order chi connectivity index (χ0) is 18.6. The van der Waals surface area contributed by atoms with Crippen LogP contribution < -0.4 is 5.32 Å². The van der Waals surface area contributed by atoms with Crippen LogP contribution in [0.3, 0.4) is 0 Å². The van der Waals surface area contributed by atoms with Crippen LogP contribution in [-0.2, 0) is 10.0 Å². The molecule has 6 heteroatoms. The number of nitrogens with zero attached hydrogens (tertiary/aromatic N) is 1. The van der Waals surface area contributed by atoms with Crippen LogP contribution in [-0.4, -0.2) is 31.9 Å². The van der Waals surface area contributed by atoms with Gasteiger partial charge in [-0.25, -0.2) is 12.8 Å². The molecule has 2 aromatic rings. The third-order valence-electron chi connectivity index (χ3n) is 4.94. The minimum atomic E-state index is -3.51. The third kappa shape index (κ3) is 4.24. The lowest BCUT2D eigenvalue weighted by Crippen LogP contribution is -2.49. The highest BCUT2D eigenvalue weighted by Crippen LogP contribution is 2.29. The van der Waals surface area contributed by atoms with Crippen molar-refractivity contribution in [3.8, 4) is 0 Å². The largest absolute Gasteiger partial charge is 0.381 e. The van der Waals surface area contributed by atoms with Gasteiger partial charge in [0, 0.05) is 24.8 Å². The fourth-order valence-electron chi connectivity index (χ4n) is 3.60. The van der Waals surface area contributed by atoms with E-state index in [0.29, 0.717) is 29.6 Å². The fourth-order valence-corrected chi connectivity index (χ4v) is 5.10. The summed E-state index contributed by atoms with van der Waals surface area (Å²) in [7, 11) is -3.51. The highest BCUT2D eigenvalue weighted by molar-refractivity contribution is 7.89. The van der Waals surface area contributed by atoms with Gasteiger partial charge < -0.3 is 5.32 Å². The molecule has 0 unspecified atom stereocenters. The van der Waals surface area contributed by atoms with Gasteiger partial charge in [-0.15, -0.1) is 0 Å². The zero-order valence-corrected chi connectivity index (χ0v) is 15.8. The molecule has 2 atom stereocenters. The Labute approximate surface area is 155 Å². The van der Waals surface area contributed by atoms with Crippen LogP contribution in [0, 0.1) is 11.7 Å². The van der Waals surface area contributed by atoms with Crippen LogP contribution in [0.15, 0.2) is 59.5 Å². The number of hydrogen-bond donors (Lipinski definition) is 1. The van der Waals surface area contributed by atoms with Crippen molar-refractivity contribution >= 4 is 15.7 Å². The molecule has 2 aromatic carbocycles. The SMILES string of the molecule is CCC[C@H]1CCN(S(=O)(=O)c2ccccc2)C[C@H]1Nc1cccc(F)c1. The quantitative estimate of drug-likeness (QED) is 0.825. The lowest BCUT2D eigenvalue weighted by Gasteiger charge is -2.38. The van der Waals surface area contributed by atoms with E-state index in [2.05, 4.69) is 12.2 Å². The molecular formula is C20H25FN2O2S. The summed E-state index contributed by atoms with van der Waals surface area (Å²) in [5.41, 5.74) is 0.690. The van der Waals surface area contributed by atoms with Gasteiger partial charge in [0.25, 0.3) is 0 Å². The van der Waals surface area contributed by atoms with Crippen molar-refractivity contribution in [2.45, 2.75) is 37.1 Å². The summed E-state index contributed by atoms with van der Waals surface area (Å²) in [6.45, 7) is 3.04. The van der Waals surface area contributed by atoms with E-state index in [1.807, 2.05) is 6.07 Å². The Balaban J connectivity index is 1.81. The van der Waals surface area contributed by atoms with Gasteiger partial charge in [-0.3, -0.25) is 0 Å². The molecule has 0 aromatic heterocycles. The van der Waals surface area contributed by atoms with Gasteiger partial charge in [-0.1, -0.05) is 37.6 Å². The predicted molar refractivity (Wildman–Crippen MR) is 102 cm³/mol. The highest BCUT2D eigenvalue weighted by atomic mass is 32.2. The molecule has 26 heavy (non-hydrogen) atoms. The molecule has 140 valence electrons. The van der Waals surface area contributed by atoms with E-state index in [0.717, 1.165) is 19.3 Å². The van der Waals surface area contributed by atoms with E-state index < -0.39 is 10.0 Å². The minimum Gasteiger partial charge on any atom is -0.381 e. The van der Waals surface area contributed by atoms with E-state index in [-0.39, 0.29) is 11.9 Å². The second-order valence-electron chi connectivity index (χ2n) is 6.77. The van der Waals surface area contributed by atoms with Crippen LogP contribution in [0.1, 0.15) is 26.2 Å². The van der Waals surface area contributed by atoms with Crippen molar-refractivity contribution in [1.29, 1.82) is 0 Å². The molecule has 1 N–H and O–H groups in total. The second kappa shape index (κ2) is 8.18. The van der Waals surface area contributed by atoms with Gasteiger partial charge in [0.15, 0.2) is 0 Å². The number of anilines is 1. The lowest BCUT2D eigenvalue weighted by atomic mass is 9.88. The first-order chi connectivity index (χ1) is 12.5. The Hall–Kier alpha value is -1.92. The smallest absolute Gasteiger partial charge is 0.243 e. The maximum Gasteiger partial charge on any atom is 0.243 e. The van der Waals surface area contributed by atoms with Crippen LogP contribution in [0.2, 0.25) is 0 Å². The first-order valence-electron chi connectivity index (χ1n) is 9.08. The summed E-state index contributed by atoms with van der Waals surface area (Å²) in [6, 6.07) is 14.8. The first kappa shape index (κ1) is 18.9. The molecule has 0 radical (unpaired) electrons. The average Bonchev–Trinajstić information content (AvgIpc) is 2.64. The van der Waals surface area contributed by atoms with Crippen LogP contribution in [0.25, 0.3) is 0 Å². The molecule has 0 spiro atoms. The van der Waals surface area contributed by atoms with Crippen LogP contribution in [0.5, 0.6) is 0 Å². The molecule has 3 rings (SSSR count). The molecule has 0 saturated carbocycles. The van der Waals surface area contributed by atoms with Gasteiger partial charge in [-0.2, -0.15) is 4.31 Å². The number of halogens is 1. The molecule has 4 nitrogen and oxygen atoms in total. The number of hydrogen-bond acceptors (Lipinski definition) is 3. The number of piperidine rings is 1. The number of rotatable bonds is 6. The Morgan fingerprint density at radius 1 is 1.15 bits per heavy atom. The van der Waals surface area contributed by atoms with Crippen molar-refractivity contribution in [2.75, 3.05) is 18.4 Å². The number of nitrogens with one attached hydrogen (secondary N) is 1. The van der Waals surface area contributed by atoms with Crippen molar-refractivity contribution < 1.29 is 12.8 Å². The molecule has 1 aliphatic heterocycles. The molecule has 0 aliphatic carbocycles. The standard InChI is InChI=1S/C20H25FN2O2S/c1-2-7-16-12-13-23(26(24,25)19-10-4-3-5-11-19)15-20(16)22-18-9-6-8-17(21)14-18/h3-6,8-11,14,16,20,22H,2,7,12-13,15H2,1H3/t16-,20+/m0/s1. The summed E-state index contributed by atoms with van der Waals surface area (Å²) in [5, 5.41) is 3.36. The summed E-state index contributed by atoms with van der Waals surface area (Å²) in [5.74, 6) is 0.0668. The molecular weight excluding hydrogens is 351 g/mol. The number of sulfonamides is 1. The van der Waals surface area contributed by atoms with Gasteiger partial charge in [0.2, 0.25) is 10.0 Å². The summed E-state index contributed by atoms with van der Waals surface area (Å²) >= 11 is 0. The number of benzene rings is 2. The fraction of sp³-hybridized carbons (Fsp3) is 0.400. The average molecular weight is 376 g/mol. The van der Waals surface area contributed by atoms with E-state index in [4.69, 9.17) is 0 Å². The van der Waals surface area contributed by atoms with Crippen molar-refractivity contribution in [1.82, 2.24) is 4.31 Å². The molecule has 1 aliphatic rings. The monoisotopic (exact) mass is 376 g/mol. The van der Waals surface area contributed by atoms with E-state index in [1.165, 1.54) is 12.1 Å². The predicted octanol–water partition coefficient (Wildman–Crippen LogP) is 4.12. The van der Waals surface area contributed by atoms with E-state index in [9.17, 15) is 12.8 Å². The summed E-state index contributed by atoms with van der Waals surface area (Å²) < 4.78 is 40.9. The van der Waals surface area contributed by atoms with Crippen LogP contribution in [0.4, 0.5) is 10.1 Å². The topological polar surface area (TPSA) is 49.4 Å². The van der Waals surface area contributed by atoms with Crippen molar-refractivity contribution in [3.63, 3.8) is 0 Å². The summed E-state index contributed by atoms with van der Waals surface area (Å²) in [6.07, 6.45) is 2.86. The Bertz CT molecular complexity index is 827. The normalized spacial score (nSPS) is 21.5. The third-order valence-corrected chi connectivity index (χ3v) is 6.82. The molecule has 0 amide bonds. The van der Waals surface area contributed by atoms with Gasteiger partial charge in [-0.05, 0) is 49.1 Å². The van der Waals surface area contributed by atoms with Crippen LogP contribution >= 0.6 is 0 Å². The Morgan fingerprint density at radius 2 is 1.92 bits per heavy atom. The maximum atomic E-state index is 13.5. The second-order valence-corrected chi connectivity index (χ2v) is 8.71. The van der Waals surface area contributed by atoms with E-state index >= 15 is 0 Å². The van der Waals surface area contributed by atoms with Crippen molar-refractivity contribution in [2.24, 2.45) is 5.92 Å². The zero-order valence-electron chi connectivity index (χ0n) is 14.9. The van der Waals surface area contributed by atoms with E-state index in [1.54, 1.807) is 40.7 Å². The van der Waals surface area contributed by atoms with Gasteiger partial charge >= 0.3 is 0 Å². The first-order valence-corrected chi connectivity index (χ1v) is 10.5. The maximum absolute atomic E-state index is 13.5. The Morgan fingerprint density at radius 3 is 2.62 bits per heavy atom. The lowest BCUT2D eigenvalue weighted by molar-refractivity contribution is 0.240. The molecule has 1 saturated heterocycles. The molecule has 0 bridgehead atoms.